The molecule has 1 atom stereocenters. The van der Waals surface area contributed by atoms with Crippen LogP contribution in [0.1, 0.15) is 52.4 Å². The van der Waals surface area contributed by atoms with Gasteiger partial charge in [0.25, 0.3) is 0 Å². The highest BCUT2D eigenvalue weighted by atomic mass is 32.2. The maximum atomic E-state index is 11.8. The summed E-state index contributed by atoms with van der Waals surface area (Å²) in [5.41, 5.74) is 0. The van der Waals surface area contributed by atoms with Crippen LogP contribution in [-0.4, -0.2) is 36.5 Å². The van der Waals surface area contributed by atoms with Gasteiger partial charge in [0, 0.05) is 6.92 Å². The lowest BCUT2D eigenvalue weighted by molar-refractivity contribution is -0.147. The van der Waals surface area contributed by atoms with E-state index in [9.17, 15) is 9.59 Å². The van der Waals surface area contributed by atoms with Crippen LogP contribution in [0.25, 0.3) is 0 Å². The van der Waals surface area contributed by atoms with E-state index in [1.54, 1.807) is 11.8 Å². The Morgan fingerprint density at radius 2 is 1.89 bits per heavy atom. The van der Waals surface area contributed by atoms with Crippen LogP contribution in [0, 0.1) is 0 Å². The number of carbonyl (C=O) groups is 2. The van der Waals surface area contributed by atoms with Crippen molar-refractivity contribution in [2.24, 2.45) is 0 Å². The minimum atomic E-state index is -0.499. The fourth-order valence-corrected chi connectivity index (χ4v) is 2.18. The van der Waals surface area contributed by atoms with Crippen molar-refractivity contribution in [3.8, 4) is 0 Å². The summed E-state index contributed by atoms with van der Waals surface area (Å²) in [7, 11) is 0. The zero-order valence-electron chi connectivity index (χ0n) is 12.4. The number of ether oxygens (including phenoxy) is 1. The van der Waals surface area contributed by atoms with Crippen LogP contribution >= 0.6 is 11.8 Å². The monoisotopic (exact) mass is 289 g/mol. The fraction of sp³-hybridized carbons (Fsp3) is 0.857. The smallest absolute Gasteiger partial charge is 0.328 e. The average molecular weight is 289 g/mol. The molecule has 19 heavy (non-hydrogen) atoms. The average Bonchev–Trinajstić information content (AvgIpc) is 2.37. The van der Waals surface area contributed by atoms with Crippen molar-refractivity contribution in [1.29, 1.82) is 0 Å². The summed E-state index contributed by atoms with van der Waals surface area (Å²) in [4.78, 5) is 22.9. The van der Waals surface area contributed by atoms with Crippen molar-refractivity contribution in [2.75, 3.05) is 18.6 Å². The maximum Gasteiger partial charge on any atom is 0.328 e. The van der Waals surface area contributed by atoms with E-state index >= 15 is 0 Å². The summed E-state index contributed by atoms with van der Waals surface area (Å²) in [6, 6.07) is -0.499. The number of amides is 1. The first-order valence-electron chi connectivity index (χ1n) is 7.04. The number of rotatable bonds is 11. The van der Waals surface area contributed by atoms with Gasteiger partial charge in [-0.05, 0) is 24.9 Å². The van der Waals surface area contributed by atoms with Crippen molar-refractivity contribution >= 4 is 23.6 Å². The maximum absolute atomic E-state index is 11.8. The van der Waals surface area contributed by atoms with Crippen LogP contribution in [0.4, 0.5) is 0 Å². The largest absolute Gasteiger partial charge is 0.464 e. The first kappa shape index (κ1) is 18.3. The Kier molecular flexibility index (Phi) is 11.9. The van der Waals surface area contributed by atoms with E-state index in [0.717, 1.165) is 18.6 Å². The molecule has 0 aromatic heterocycles. The molecule has 0 spiro atoms. The standard InChI is InChI=1S/C14H27NO3S/c1-4-5-6-7-8-10-18-14(17)13(9-11-19-3)15-12(2)16/h13H,4-11H2,1-3H3,(H,15,16). The first-order valence-corrected chi connectivity index (χ1v) is 8.43. The number of hydrogen-bond acceptors (Lipinski definition) is 4. The summed E-state index contributed by atoms with van der Waals surface area (Å²) < 4.78 is 5.22. The lowest BCUT2D eigenvalue weighted by Gasteiger charge is -2.16. The molecule has 0 aromatic rings. The summed E-state index contributed by atoms with van der Waals surface area (Å²) in [6.45, 7) is 4.05. The SMILES string of the molecule is CCCCCCCOC(=O)C(CCSC)NC(C)=O. The third-order valence-corrected chi connectivity index (χ3v) is 3.41. The number of carbonyl (C=O) groups excluding carboxylic acids is 2. The van der Waals surface area contributed by atoms with Gasteiger partial charge < -0.3 is 10.1 Å². The molecule has 0 bridgehead atoms. The van der Waals surface area contributed by atoms with Crippen molar-refractivity contribution in [1.82, 2.24) is 5.32 Å². The predicted molar refractivity (Wildman–Crippen MR) is 80.3 cm³/mol. The van der Waals surface area contributed by atoms with Gasteiger partial charge >= 0.3 is 5.97 Å². The third kappa shape index (κ3) is 10.9. The second kappa shape index (κ2) is 12.3. The lowest BCUT2D eigenvalue weighted by Crippen LogP contribution is -2.41. The molecule has 0 saturated carbocycles. The van der Waals surface area contributed by atoms with Gasteiger partial charge in [0.1, 0.15) is 6.04 Å². The Morgan fingerprint density at radius 1 is 1.21 bits per heavy atom. The van der Waals surface area contributed by atoms with Crippen LogP contribution in [0.5, 0.6) is 0 Å². The van der Waals surface area contributed by atoms with Gasteiger partial charge in [-0.15, -0.1) is 0 Å². The Morgan fingerprint density at radius 3 is 2.47 bits per heavy atom. The first-order chi connectivity index (χ1) is 9.11. The van der Waals surface area contributed by atoms with E-state index in [-0.39, 0.29) is 11.9 Å². The fourth-order valence-electron chi connectivity index (χ4n) is 1.71. The second-order valence-electron chi connectivity index (χ2n) is 4.62. The van der Waals surface area contributed by atoms with Crippen molar-refractivity contribution in [3.63, 3.8) is 0 Å². The number of unbranched alkanes of at least 4 members (excludes halogenated alkanes) is 4. The lowest BCUT2D eigenvalue weighted by atomic mass is 10.2. The molecule has 0 aliphatic carbocycles. The summed E-state index contributed by atoms with van der Waals surface area (Å²) in [5, 5.41) is 2.65. The molecule has 0 aromatic carbocycles. The summed E-state index contributed by atoms with van der Waals surface area (Å²) in [5.74, 6) is 0.335. The van der Waals surface area contributed by atoms with E-state index in [0.29, 0.717) is 13.0 Å². The molecule has 0 heterocycles. The minimum absolute atomic E-state index is 0.189. The van der Waals surface area contributed by atoms with E-state index < -0.39 is 6.04 Å². The highest BCUT2D eigenvalue weighted by Crippen LogP contribution is 2.05. The molecule has 0 radical (unpaired) electrons. The van der Waals surface area contributed by atoms with E-state index in [1.807, 2.05) is 6.26 Å². The number of thioether (sulfide) groups is 1. The zero-order valence-corrected chi connectivity index (χ0v) is 13.2. The topological polar surface area (TPSA) is 55.4 Å². The Balaban J connectivity index is 3.86. The number of hydrogen-bond donors (Lipinski definition) is 1. The van der Waals surface area contributed by atoms with Gasteiger partial charge in [-0.1, -0.05) is 32.6 Å². The van der Waals surface area contributed by atoms with Gasteiger partial charge in [0.05, 0.1) is 6.61 Å². The number of esters is 1. The molecule has 0 aliphatic heterocycles. The van der Waals surface area contributed by atoms with E-state index in [1.165, 1.54) is 26.2 Å². The molecule has 1 unspecified atom stereocenters. The Bertz CT molecular complexity index is 259. The van der Waals surface area contributed by atoms with Gasteiger partial charge in [0.15, 0.2) is 0 Å². The molecule has 1 N–H and O–H groups in total. The van der Waals surface area contributed by atoms with Crippen LogP contribution in [0.15, 0.2) is 0 Å². The zero-order chi connectivity index (χ0) is 14.5. The molecule has 5 heteroatoms. The van der Waals surface area contributed by atoms with Crippen LogP contribution in [-0.2, 0) is 14.3 Å². The quantitative estimate of drug-likeness (QED) is 0.469. The van der Waals surface area contributed by atoms with Crippen molar-refractivity contribution in [2.45, 2.75) is 58.4 Å². The molecule has 0 fully saturated rings. The molecular weight excluding hydrogens is 262 g/mol. The third-order valence-electron chi connectivity index (χ3n) is 2.76. The minimum Gasteiger partial charge on any atom is -0.464 e. The van der Waals surface area contributed by atoms with Crippen LogP contribution in [0.3, 0.4) is 0 Å². The molecular formula is C14H27NO3S. The predicted octanol–water partition coefficient (Wildman–Crippen LogP) is 2.76. The molecule has 4 nitrogen and oxygen atoms in total. The van der Waals surface area contributed by atoms with Crippen LogP contribution < -0.4 is 5.32 Å². The molecule has 112 valence electrons. The molecule has 0 saturated heterocycles. The highest BCUT2D eigenvalue weighted by Gasteiger charge is 2.20. The molecule has 0 aliphatic rings. The second-order valence-corrected chi connectivity index (χ2v) is 5.60. The highest BCUT2D eigenvalue weighted by molar-refractivity contribution is 7.98. The van der Waals surface area contributed by atoms with Gasteiger partial charge in [0.2, 0.25) is 5.91 Å². The summed E-state index contributed by atoms with van der Waals surface area (Å²) in [6.07, 6.45) is 8.22. The van der Waals surface area contributed by atoms with Crippen molar-refractivity contribution in [3.05, 3.63) is 0 Å². The van der Waals surface area contributed by atoms with Crippen molar-refractivity contribution < 1.29 is 14.3 Å². The number of nitrogens with one attached hydrogen (secondary N) is 1. The van der Waals surface area contributed by atoms with Gasteiger partial charge in [-0.2, -0.15) is 11.8 Å². The molecule has 1 amide bonds. The van der Waals surface area contributed by atoms with Gasteiger partial charge in [-0.25, -0.2) is 4.79 Å². The normalized spacial score (nSPS) is 11.9. The summed E-state index contributed by atoms with van der Waals surface area (Å²) >= 11 is 1.65. The Hall–Kier alpha value is -0.710. The van der Waals surface area contributed by atoms with Crippen LogP contribution in [0.2, 0.25) is 0 Å². The van der Waals surface area contributed by atoms with E-state index in [2.05, 4.69) is 12.2 Å². The molecule has 0 rings (SSSR count). The van der Waals surface area contributed by atoms with E-state index in [4.69, 9.17) is 4.74 Å². The van der Waals surface area contributed by atoms with Gasteiger partial charge in [-0.3, -0.25) is 4.79 Å². The Labute approximate surface area is 121 Å².